The molecule has 1 heterocycles. The molecule has 0 radical (unpaired) electrons. The number of rotatable bonds is 8. The van der Waals surface area contributed by atoms with Crippen LogP contribution in [0.5, 0.6) is 11.5 Å². The summed E-state index contributed by atoms with van der Waals surface area (Å²) in [4.78, 5) is 14.0. The van der Waals surface area contributed by atoms with Crippen LogP contribution in [0.2, 0.25) is 0 Å². The fourth-order valence-corrected chi connectivity index (χ4v) is 2.46. The smallest absolute Gasteiger partial charge is 0.274 e. The zero-order chi connectivity index (χ0) is 18.2. The van der Waals surface area contributed by atoms with Gasteiger partial charge in [-0.05, 0) is 53.9 Å². The predicted molar refractivity (Wildman–Crippen MR) is 99.7 cm³/mol. The second kappa shape index (κ2) is 9.16. The van der Waals surface area contributed by atoms with Gasteiger partial charge in [-0.15, -0.1) is 10.2 Å². The maximum Gasteiger partial charge on any atom is 0.274 e. The maximum atomic E-state index is 11.5. The highest BCUT2D eigenvalue weighted by Gasteiger charge is 2.11. The third kappa shape index (κ3) is 5.28. The molecule has 0 fully saturated rings. The van der Waals surface area contributed by atoms with Crippen molar-refractivity contribution in [3.05, 3.63) is 38.2 Å². The third-order valence-electron chi connectivity index (χ3n) is 3.03. The number of halogens is 1. The molecule has 8 nitrogen and oxygen atoms in total. The molecule has 0 saturated carbocycles. The Labute approximate surface area is 153 Å². The average molecular weight is 410 g/mol. The molecule has 0 saturated heterocycles. The van der Waals surface area contributed by atoms with Gasteiger partial charge in [-0.2, -0.15) is 5.10 Å². The van der Waals surface area contributed by atoms with Crippen molar-refractivity contribution < 1.29 is 9.47 Å². The van der Waals surface area contributed by atoms with Crippen LogP contribution in [0.3, 0.4) is 0 Å². The van der Waals surface area contributed by atoms with Crippen molar-refractivity contribution in [1.29, 1.82) is 0 Å². The third-order valence-corrected chi connectivity index (χ3v) is 3.62. The van der Waals surface area contributed by atoms with E-state index in [1.807, 2.05) is 26.0 Å². The van der Waals surface area contributed by atoms with E-state index >= 15 is 0 Å². The molecule has 0 bridgehead atoms. The lowest BCUT2D eigenvalue weighted by atomic mass is 10.2. The molecule has 1 aromatic heterocycles. The van der Waals surface area contributed by atoms with Crippen LogP contribution in [0, 0.1) is 6.92 Å². The molecule has 1 aromatic carbocycles. The molecular formula is C16H20BrN5O3. The molecule has 25 heavy (non-hydrogen) atoms. The predicted octanol–water partition coefficient (Wildman–Crippen LogP) is 2.87. The van der Waals surface area contributed by atoms with Crippen molar-refractivity contribution in [2.45, 2.75) is 27.2 Å². The number of hydrazone groups is 1. The van der Waals surface area contributed by atoms with Crippen molar-refractivity contribution >= 4 is 28.1 Å². The molecule has 0 amide bonds. The lowest BCUT2D eigenvalue weighted by molar-refractivity contribution is 0.275. The van der Waals surface area contributed by atoms with Crippen LogP contribution in [0.25, 0.3) is 0 Å². The Balaban J connectivity index is 2.17. The van der Waals surface area contributed by atoms with E-state index in [1.165, 1.54) is 0 Å². The number of nitrogens with zero attached hydrogens (tertiary/aromatic N) is 3. The Morgan fingerprint density at radius 2 is 2.12 bits per heavy atom. The summed E-state index contributed by atoms with van der Waals surface area (Å²) < 4.78 is 12.1. The minimum Gasteiger partial charge on any atom is -0.490 e. The number of ether oxygens (including phenoxy) is 2. The number of aromatic amines is 1. The highest BCUT2D eigenvalue weighted by molar-refractivity contribution is 9.10. The minimum atomic E-state index is -0.313. The molecule has 0 aliphatic carbocycles. The zero-order valence-electron chi connectivity index (χ0n) is 14.3. The quantitative estimate of drug-likeness (QED) is 0.513. The van der Waals surface area contributed by atoms with E-state index in [0.717, 1.165) is 16.5 Å². The van der Waals surface area contributed by atoms with E-state index in [9.17, 15) is 4.79 Å². The van der Waals surface area contributed by atoms with Gasteiger partial charge in [0, 0.05) is 0 Å². The van der Waals surface area contributed by atoms with Crippen LogP contribution in [0.4, 0.5) is 5.95 Å². The number of benzene rings is 1. The highest BCUT2D eigenvalue weighted by Crippen LogP contribution is 2.36. The molecule has 2 aromatic rings. The molecule has 0 atom stereocenters. The molecule has 9 heteroatoms. The topological polar surface area (TPSA) is 101 Å². The van der Waals surface area contributed by atoms with Gasteiger partial charge in [0.2, 0.25) is 5.95 Å². The second-order valence-corrected chi connectivity index (χ2v) is 5.92. The number of aryl methyl sites for hydroxylation is 1. The van der Waals surface area contributed by atoms with Crippen molar-refractivity contribution in [2.75, 3.05) is 18.6 Å². The summed E-state index contributed by atoms with van der Waals surface area (Å²) in [6, 6.07) is 3.69. The Hall–Kier alpha value is -2.42. The molecule has 134 valence electrons. The molecular weight excluding hydrogens is 390 g/mol. The van der Waals surface area contributed by atoms with E-state index < -0.39 is 0 Å². The maximum absolute atomic E-state index is 11.5. The van der Waals surface area contributed by atoms with Gasteiger partial charge in [-0.1, -0.05) is 6.92 Å². The lowest BCUT2D eigenvalue weighted by Gasteiger charge is -2.14. The second-order valence-electron chi connectivity index (χ2n) is 5.07. The van der Waals surface area contributed by atoms with Gasteiger partial charge in [-0.3, -0.25) is 9.78 Å². The fraction of sp³-hybridized carbons (Fsp3) is 0.375. The molecule has 2 N–H and O–H groups in total. The first-order valence-electron chi connectivity index (χ1n) is 7.87. The van der Waals surface area contributed by atoms with Crippen LogP contribution in [-0.4, -0.2) is 34.6 Å². The number of anilines is 1. The summed E-state index contributed by atoms with van der Waals surface area (Å²) in [5.41, 5.74) is 3.40. The van der Waals surface area contributed by atoms with Crippen LogP contribution in [-0.2, 0) is 0 Å². The summed E-state index contributed by atoms with van der Waals surface area (Å²) >= 11 is 3.50. The van der Waals surface area contributed by atoms with Crippen molar-refractivity contribution in [3.8, 4) is 11.5 Å². The fourth-order valence-electron chi connectivity index (χ4n) is 1.88. The van der Waals surface area contributed by atoms with Crippen molar-refractivity contribution in [2.24, 2.45) is 5.10 Å². The Morgan fingerprint density at radius 3 is 2.80 bits per heavy atom. The number of nitrogens with one attached hydrogen (secondary N) is 2. The summed E-state index contributed by atoms with van der Waals surface area (Å²) in [5, 5.41) is 11.6. The van der Waals surface area contributed by atoms with Crippen molar-refractivity contribution in [3.63, 3.8) is 0 Å². The number of hydrogen-bond acceptors (Lipinski definition) is 7. The van der Waals surface area contributed by atoms with Gasteiger partial charge in [-0.25, -0.2) is 5.43 Å². The first kappa shape index (κ1) is 18.9. The zero-order valence-corrected chi connectivity index (χ0v) is 15.9. The van der Waals surface area contributed by atoms with E-state index in [-0.39, 0.29) is 11.5 Å². The van der Waals surface area contributed by atoms with Gasteiger partial charge in [0.15, 0.2) is 11.5 Å². The van der Waals surface area contributed by atoms with Crippen LogP contribution < -0.4 is 20.5 Å². The molecule has 0 aliphatic rings. The molecule has 2 rings (SSSR count). The van der Waals surface area contributed by atoms with E-state index in [0.29, 0.717) is 30.4 Å². The van der Waals surface area contributed by atoms with E-state index in [2.05, 4.69) is 41.6 Å². The van der Waals surface area contributed by atoms with Crippen LogP contribution >= 0.6 is 15.9 Å². The molecule has 0 unspecified atom stereocenters. The minimum absolute atomic E-state index is 0.166. The summed E-state index contributed by atoms with van der Waals surface area (Å²) in [7, 11) is 0. The largest absolute Gasteiger partial charge is 0.490 e. The average Bonchev–Trinajstić information content (AvgIpc) is 2.58. The van der Waals surface area contributed by atoms with Crippen LogP contribution in [0.15, 0.2) is 26.5 Å². The van der Waals surface area contributed by atoms with Gasteiger partial charge in [0.25, 0.3) is 5.56 Å². The van der Waals surface area contributed by atoms with Gasteiger partial charge >= 0.3 is 0 Å². The number of hydrogen-bond donors (Lipinski definition) is 2. The Bertz CT molecular complexity index is 807. The first-order valence-corrected chi connectivity index (χ1v) is 8.66. The van der Waals surface area contributed by atoms with Gasteiger partial charge in [0.1, 0.15) is 5.69 Å². The van der Waals surface area contributed by atoms with Crippen LogP contribution in [0.1, 0.15) is 31.5 Å². The number of H-pyrrole nitrogens is 1. The highest BCUT2D eigenvalue weighted by atomic mass is 79.9. The first-order chi connectivity index (χ1) is 12.0. The number of aromatic nitrogens is 3. The lowest BCUT2D eigenvalue weighted by Crippen LogP contribution is -2.15. The Morgan fingerprint density at radius 1 is 1.32 bits per heavy atom. The molecule has 0 aliphatic heterocycles. The summed E-state index contributed by atoms with van der Waals surface area (Å²) in [6.45, 7) is 6.65. The van der Waals surface area contributed by atoms with Gasteiger partial charge in [0.05, 0.1) is 23.9 Å². The van der Waals surface area contributed by atoms with E-state index in [4.69, 9.17) is 9.47 Å². The van der Waals surface area contributed by atoms with Gasteiger partial charge < -0.3 is 9.47 Å². The normalized spacial score (nSPS) is 10.9. The SMILES string of the molecule is CCCOc1c(Br)cc(/C=N\Nc2nnc(C)c(=O)[nH]2)cc1OCC. The standard InChI is InChI=1S/C16H20BrN5O3/c1-4-6-25-14-12(17)7-11(8-13(14)24-5-2)9-18-21-16-19-15(23)10(3)20-22-16/h7-9H,4-6H2,1-3H3,(H2,19,21,22,23)/b18-9-. The van der Waals surface area contributed by atoms with E-state index in [1.54, 1.807) is 13.1 Å². The monoisotopic (exact) mass is 409 g/mol. The molecule has 0 spiro atoms. The summed E-state index contributed by atoms with van der Waals surface area (Å²) in [6.07, 6.45) is 2.48. The van der Waals surface area contributed by atoms with Crippen molar-refractivity contribution in [1.82, 2.24) is 15.2 Å². The summed E-state index contributed by atoms with van der Waals surface area (Å²) in [5.74, 6) is 1.47. The Kier molecular flexibility index (Phi) is 6.93.